The summed E-state index contributed by atoms with van der Waals surface area (Å²) in [5.74, 6) is 0.303. The molecule has 9 heteroatoms. The summed E-state index contributed by atoms with van der Waals surface area (Å²) in [5, 5.41) is 7.35. The molecule has 0 spiro atoms. The maximum absolute atomic E-state index is 13.5. The Morgan fingerprint density at radius 3 is 2.50 bits per heavy atom. The van der Waals surface area contributed by atoms with Crippen molar-refractivity contribution >= 4 is 11.6 Å². The Morgan fingerprint density at radius 1 is 1.05 bits per heavy atom. The van der Waals surface area contributed by atoms with Crippen LogP contribution in [0.15, 0.2) is 66.9 Å². The van der Waals surface area contributed by atoms with Gasteiger partial charge in [-0.25, -0.2) is 9.50 Å². The lowest BCUT2D eigenvalue weighted by atomic mass is 9.93. The van der Waals surface area contributed by atoms with Gasteiger partial charge in [0.15, 0.2) is 5.65 Å². The van der Waals surface area contributed by atoms with Crippen molar-refractivity contribution in [2.75, 3.05) is 19.6 Å². The first kappa shape index (κ1) is 25.9. The van der Waals surface area contributed by atoms with Gasteiger partial charge < -0.3 is 5.32 Å². The molecule has 1 saturated heterocycles. The van der Waals surface area contributed by atoms with E-state index >= 15 is 0 Å². The molecular formula is C29H30F3N5O. The fraction of sp³-hybridized carbons (Fsp3) is 0.345. The maximum atomic E-state index is 13.5. The minimum atomic E-state index is -4.50. The first-order valence-corrected chi connectivity index (χ1v) is 12.9. The average molecular weight is 522 g/mol. The van der Waals surface area contributed by atoms with E-state index in [0.717, 1.165) is 45.0 Å². The Morgan fingerprint density at radius 2 is 1.76 bits per heavy atom. The van der Waals surface area contributed by atoms with Crippen LogP contribution in [0.1, 0.15) is 46.4 Å². The van der Waals surface area contributed by atoms with E-state index in [1.165, 1.54) is 34.5 Å². The third-order valence-corrected chi connectivity index (χ3v) is 7.27. The molecule has 2 aromatic heterocycles. The van der Waals surface area contributed by atoms with Crippen molar-refractivity contribution in [1.29, 1.82) is 0 Å². The van der Waals surface area contributed by atoms with Crippen LogP contribution in [0.5, 0.6) is 0 Å². The molecule has 0 aliphatic carbocycles. The van der Waals surface area contributed by atoms with Gasteiger partial charge in [0.1, 0.15) is 0 Å². The number of hydrogen-bond donors (Lipinski definition) is 1. The second kappa shape index (κ2) is 10.9. The van der Waals surface area contributed by atoms with E-state index in [1.54, 1.807) is 13.0 Å². The molecular weight excluding hydrogens is 491 g/mol. The molecule has 4 aromatic rings. The van der Waals surface area contributed by atoms with E-state index in [-0.39, 0.29) is 17.2 Å². The summed E-state index contributed by atoms with van der Waals surface area (Å²) >= 11 is 0. The zero-order valence-electron chi connectivity index (χ0n) is 21.2. The fourth-order valence-electron chi connectivity index (χ4n) is 5.12. The number of alkyl halides is 3. The molecule has 2 aromatic carbocycles. The van der Waals surface area contributed by atoms with Crippen LogP contribution in [0, 0.1) is 12.8 Å². The third-order valence-electron chi connectivity index (χ3n) is 7.27. The number of likely N-dealkylation sites (tertiary alicyclic amines) is 1. The summed E-state index contributed by atoms with van der Waals surface area (Å²) in [6, 6.07) is 17.3. The maximum Gasteiger partial charge on any atom is 0.417 e. The van der Waals surface area contributed by atoms with Crippen LogP contribution in [0.4, 0.5) is 13.2 Å². The van der Waals surface area contributed by atoms with Crippen molar-refractivity contribution < 1.29 is 18.0 Å². The molecule has 1 N–H and O–H groups in total. The highest BCUT2D eigenvalue weighted by Gasteiger charge is 2.34. The lowest BCUT2D eigenvalue weighted by Gasteiger charge is -2.32. The van der Waals surface area contributed by atoms with Gasteiger partial charge in [0.05, 0.1) is 22.5 Å². The molecule has 3 heterocycles. The van der Waals surface area contributed by atoms with Crippen molar-refractivity contribution in [3.05, 3.63) is 89.2 Å². The van der Waals surface area contributed by atoms with E-state index < -0.39 is 11.7 Å². The normalized spacial score (nSPS) is 15.2. The average Bonchev–Trinajstić information content (AvgIpc) is 3.35. The molecule has 198 valence electrons. The molecule has 1 aliphatic rings. The second-order valence-corrected chi connectivity index (χ2v) is 9.85. The monoisotopic (exact) mass is 521 g/mol. The van der Waals surface area contributed by atoms with Crippen molar-refractivity contribution in [1.82, 2.24) is 24.8 Å². The summed E-state index contributed by atoms with van der Waals surface area (Å²) in [6.07, 6.45) is 0.0663. The number of carbonyl (C=O) groups excluding carboxylic acids is 1. The van der Waals surface area contributed by atoms with E-state index in [1.807, 2.05) is 6.07 Å². The number of nitrogens with zero attached hydrogens (tertiary/aromatic N) is 4. The van der Waals surface area contributed by atoms with Gasteiger partial charge >= 0.3 is 6.18 Å². The van der Waals surface area contributed by atoms with Crippen molar-refractivity contribution in [2.45, 2.75) is 38.9 Å². The Kier molecular flexibility index (Phi) is 7.46. The number of fused-ring (bicyclic) bond motifs is 1. The largest absolute Gasteiger partial charge is 0.417 e. The van der Waals surface area contributed by atoms with E-state index in [0.29, 0.717) is 29.4 Å². The van der Waals surface area contributed by atoms with Gasteiger partial charge in [-0.2, -0.15) is 18.3 Å². The highest BCUT2D eigenvalue weighted by atomic mass is 19.4. The van der Waals surface area contributed by atoms with Gasteiger partial charge in [0.2, 0.25) is 0 Å². The Balaban J connectivity index is 1.19. The Labute approximate surface area is 219 Å². The quantitative estimate of drug-likeness (QED) is 0.336. The first-order chi connectivity index (χ1) is 18.3. The lowest BCUT2D eigenvalue weighted by Crippen LogP contribution is -2.35. The molecule has 1 fully saturated rings. The minimum Gasteiger partial charge on any atom is -0.352 e. The molecule has 0 radical (unpaired) electrons. The number of hydrogen-bond acceptors (Lipinski definition) is 4. The molecule has 5 rings (SSSR count). The molecule has 0 saturated carbocycles. The summed E-state index contributed by atoms with van der Waals surface area (Å²) in [5.41, 5.74) is 1.97. The fourth-order valence-corrected chi connectivity index (χ4v) is 5.12. The van der Waals surface area contributed by atoms with E-state index in [2.05, 4.69) is 44.6 Å². The smallest absolute Gasteiger partial charge is 0.352 e. The van der Waals surface area contributed by atoms with Crippen LogP contribution in [0.3, 0.4) is 0 Å². The number of piperidine rings is 1. The first-order valence-electron chi connectivity index (χ1n) is 12.9. The van der Waals surface area contributed by atoms with Gasteiger partial charge in [-0.15, -0.1) is 0 Å². The van der Waals surface area contributed by atoms with E-state index in [9.17, 15) is 18.0 Å². The lowest BCUT2D eigenvalue weighted by molar-refractivity contribution is -0.137. The topological polar surface area (TPSA) is 62.5 Å². The van der Waals surface area contributed by atoms with Gasteiger partial charge in [-0.3, -0.25) is 9.69 Å². The van der Waals surface area contributed by atoms with Crippen LogP contribution < -0.4 is 5.32 Å². The Bertz CT molecular complexity index is 1410. The summed E-state index contributed by atoms with van der Waals surface area (Å²) in [4.78, 5) is 19.7. The zero-order valence-corrected chi connectivity index (χ0v) is 21.2. The molecule has 6 nitrogen and oxygen atoms in total. The summed E-state index contributed by atoms with van der Waals surface area (Å²) < 4.78 is 41.9. The summed E-state index contributed by atoms with van der Waals surface area (Å²) in [7, 11) is 0. The van der Waals surface area contributed by atoms with Gasteiger partial charge in [0.25, 0.3) is 5.91 Å². The van der Waals surface area contributed by atoms with Crippen LogP contribution in [0.2, 0.25) is 0 Å². The van der Waals surface area contributed by atoms with Gasteiger partial charge in [-0.05, 0) is 56.8 Å². The third kappa shape index (κ3) is 5.72. The molecule has 0 unspecified atom stereocenters. The zero-order chi connectivity index (χ0) is 26.7. The SMILES string of the molecule is Cc1c(C(=O)NCCC2CCN(Cc3ccccc3)CC2)cnc2cc(-c3ccccc3C(F)(F)F)nn12. The number of amides is 1. The minimum absolute atomic E-state index is 0.0225. The number of aromatic nitrogens is 3. The molecule has 0 bridgehead atoms. The summed E-state index contributed by atoms with van der Waals surface area (Å²) in [6.45, 7) is 5.34. The van der Waals surface area contributed by atoms with E-state index in [4.69, 9.17) is 0 Å². The molecule has 1 amide bonds. The molecule has 38 heavy (non-hydrogen) atoms. The van der Waals surface area contributed by atoms with Gasteiger partial charge in [-0.1, -0.05) is 48.5 Å². The number of halogens is 3. The predicted octanol–water partition coefficient (Wildman–Crippen LogP) is 5.76. The second-order valence-electron chi connectivity index (χ2n) is 9.85. The molecule has 1 aliphatic heterocycles. The number of rotatable bonds is 7. The van der Waals surface area contributed by atoms with Crippen LogP contribution in [-0.4, -0.2) is 45.0 Å². The number of carbonyl (C=O) groups is 1. The number of aryl methyl sites for hydroxylation is 1. The van der Waals surface area contributed by atoms with Crippen LogP contribution in [-0.2, 0) is 12.7 Å². The highest BCUT2D eigenvalue weighted by molar-refractivity contribution is 5.95. The van der Waals surface area contributed by atoms with Crippen molar-refractivity contribution in [3.63, 3.8) is 0 Å². The number of benzene rings is 2. The van der Waals surface area contributed by atoms with Crippen LogP contribution in [0.25, 0.3) is 16.9 Å². The van der Waals surface area contributed by atoms with Crippen LogP contribution >= 0.6 is 0 Å². The molecule has 0 atom stereocenters. The Hall–Kier alpha value is -3.72. The predicted molar refractivity (Wildman–Crippen MR) is 140 cm³/mol. The van der Waals surface area contributed by atoms with Crippen molar-refractivity contribution in [3.8, 4) is 11.3 Å². The highest BCUT2D eigenvalue weighted by Crippen LogP contribution is 2.36. The standard InChI is InChI=1S/C29H30F3N5O/c1-20-24(18-34-27-17-26(35-37(20)27)23-9-5-6-10-25(23)29(30,31)32)28(38)33-14-11-21-12-15-36(16-13-21)19-22-7-3-2-4-8-22/h2-10,17-18,21H,11-16,19H2,1H3,(H,33,38). The van der Waals surface area contributed by atoms with Crippen molar-refractivity contribution in [2.24, 2.45) is 5.92 Å². The number of nitrogens with one attached hydrogen (secondary N) is 1. The van der Waals surface area contributed by atoms with Gasteiger partial charge in [0, 0.05) is 30.9 Å².